The molecule has 0 aromatic carbocycles. The molecular weight excluding hydrogens is 232 g/mol. The molecule has 1 aromatic rings. The van der Waals surface area contributed by atoms with E-state index in [2.05, 4.69) is 4.98 Å². The van der Waals surface area contributed by atoms with Crippen molar-refractivity contribution in [1.29, 1.82) is 0 Å². The van der Waals surface area contributed by atoms with Gasteiger partial charge in [-0.15, -0.1) is 0 Å². The maximum absolute atomic E-state index is 12.3. The van der Waals surface area contributed by atoms with Crippen molar-refractivity contribution < 1.29 is 14.3 Å². The number of aromatic amines is 1. The van der Waals surface area contributed by atoms with E-state index < -0.39 is 0 Å². The van der Waals surface area contributed by atoms with Crippen molar-refractivity contribution in [1.82, 2.24) is 9.88 Å². The molecule has 1 aromatic heterocycles. The van der Waals surface area contributed by atoms with Crippen LogP contribution in [0, 0.1) is 6.92 Å². The highest BCUT2D eigenvalue weighted by Gasteiger charge is 2.25. The number of carbonyl (C=O) groups excluding carboxylic acids is 1. The lowest BCUT2D eigenvalue weighted by molar-refractivity contribution is -0.0333. The van der Waals surface area contributed by atoms with E-state index in [1.807, 2.05) is 17.9 Å². The molecule has 1 amide bonds. The summed E-state index contributed by atoms with van der Waals surface area (Å²) in [6.07, 6.45) is 2.71. The fraction of sp³-hybridized carbons (Fsp3) is 0.615. The normalized spacial score (nSPS) is 20.1. The average Bonchev–Trinajstić information content (AvgIpc) is 2.82. The van der Waals surface area contributed by atoms with E-state index in [-0.39, 0.29) is 12.0 Å². The minimum atomic E-state index is 0.0828. The number of rotatable bonds is 4. The predicted octanol–water partition coefficient (Wildman–Crippen LogP) is 1.20. The molecule has 2 heterocycles. The highest BCUT2D eigenvalue weighted by Crippen LogP contribution is 2.14. The number of H-pyrrole nitrogens is 1. The molecule has 5 heteroatoms. The Kier molecular flexibility index (Phi) is 4.38. The zero-order valence-electron chi connectivity index (χ0n) is 10.9. The SMILES string of the molecule is COCC[C@@H]1CN(C(=O)c2cc[nH]c2C)CCO1. The second-order valence-corrected chi connectivity index (χ2v) is 4.54. The van der Waals surface area contributed by atoms with Crippen LogP contribution >= 0.6 is 0 Å². The van der Waals surface area contributed by atoms with Gasteiger partial charge in [-0.25, -0.2) is 0 Å². The summed E-state index contributed by atoms with van der Waals surface area (Å²) < 4.78 is 10.7. The zero-order chi connectivity index (χ0) is 13.0. The number of aromatic nitrogens is 1. The van der Waals surface area contributed by atoms with Gasteiger partial charge in [0.25, 0.3) is 5.91 Å². The van der Waals surface area contributed by atoms with Crippen molar-refractivity contribution in [2.75, 3.05) is 33.4 Å². The molecule has 2 rings (SSSR count). The Morgan fingerprint density at radius 1 is 1.67 bits per heavy atom. The third-order valence-electron chi connectivity index (χ3n) is 3.25. The number of aryl methyl sites for hydroxylation is 1. The summed E-state index contributed by atoms with van der Waals surface area (Å²) in [6, 6.07) is 1.83. The highest BCUT2D eigenvalue weighted by atomic mass is 16.5. The van der Waals surface area contributed by atoms with Crippen LogP contribution in [0.25, 0.3) is 0 Å². The smallest absolute Gasteiger partial charge is 0.255 e. The molecule has 0 saturated carbocycles. The van der Waals surface area contributed by atoms with Gasteiger partial charge in [0.1, 0.15) is 0 Å². The molecule has 0 unspecified atom stereocenters. The van der Waals surface area contributed by atoms with Crippen LogP contribution in [-0.2, 0) is 9.47 Å². The first-order valence-corrected chi connectivity index (χ1v) is 6.26. The maximum atomic E-state index is 12.3. The molecule has 0 spiro atoms. The number of hydrogen-bond acceptors (Lipinski definition) is 3. The number of amides is 1. The zero-order valence-corrected chi connectivity index (χ0v) is 10.9. The Morgan fingerprint density at radius 3 is 3.17 bits per heavy atom. The summed E-state index contributed by atoms with van der Waals surface area (Å²) in [5.74, 6) is 0.0828. The van der Waals surface area contributed by atoms with Crippen LogP contribution in [0.15, 0.2) is 12.3 Å². The monoisotopic (exact) mass is 252 g/mol. The van der Waals surface area contributed by atoms with Crippen LogP contribution in [0.4, 0.5) is 0 Å². The summed E-state index contributed by atoms with van der Waals surface area (Å²) in [5, 5.41) is 0. The first-order chi connectivity index (χ1) is 8.72. The van der Waals surface area contributed by atoms with Gasteiger partial charge in [-0.2, -0.15) is 0 Å². The van der Waals surface area contributed by atoms with Crippen LogP contribution in [0.2, 0.25) is 0 Å². The summed E-state index contributed by atoms with van der Waals surface area (Å²) in [6.45, 7) is 4.48. The topological polar surface area (TPSA) is 54.6 Å². The third kappa shape index (κ3) is 2.91. The molecule has 1 atom stereocenters. The van der Waals surface area contributed by atoms with Crippen molar-refractivity contribution in [3.8, 4) is 0 Å². The average molecular weight is 252 g/mol. The van der Waals surface area contributed by atoms with E-state index >= 15 is 0 Å². The Morgan fingerprint density at radius 2 is 2.50 bits per heavy atom. The molecule has 1 fully saturated rings. The molecule has 0 bridgehead atoms. The van der Waals surface area contributed by atoms with Gasteiger partial charge in [0.05, 0.1) is 18.3 Å². The van der Waals surface area contributed by atoms with Crippen LogP contribution in [0.3, 0.4) is 0 Å². The van der Waals surface area contributed by atoms with Crippen molar-refractivity contribution in [3.05, 3.63) is 23.5 Å². The molecular formula is C13H20N2O3. The Bertz CT molecular complexity index is 403. The second kappa shape index (κ2) is 6.02. The number of ether oxygens (including phenoxy) is 2. The number of hydrogen-bond donors (Lipinski definition) is 1. The summed E-state index contributed by atoms with van der Waals surface area (Å²) >= 11 is 0. The lowest BCUT2D eigenvalue weighted by Crippen LogP contribution is -2.46. The van der Waals surface area contributed by atoms with E-state index in [9.17, 15) is 4.79 Å². The summed E-state index contributed by atoms with van der Waals surface area (Å²) in [7, 11) is 1.68. The van der Waals surface area contributed by atoms with Gasteiger partial charge in [0.2, 0.25) is 0 Å². The fourth-order valence-corrected chi connectivity index (χ4v) is 2.18. The molecule has 100 valence electrons. The van der Waals surface area contributed by atoms with E-state index in [1.165, 1.54) is 0 Å². The van der Waals surface area contributed by atoms with Gasteiger partial charge >= 0.3 is 0 Å². The maximum Gasteiger partial charge on any atom is 0.255 e. The van der Waals surface area contributed by atoms with Crippen molar-refractivity contribution in [2.45, 2.75) is 19.4 Å². The van der Waals surface area contributed by atoms with Gasteiger partial charge in [0.15, 0.2) is 0 Å². The number of nitrogens with one attached hydrogen (secondary N) is 1. The molecule has 1 saturated heterocycles. The van der Waals surface area contributed by atoms with Gasteiger partial charge in [-0.05, 0) is 19.4 Å². The number of carbonyl (C=O) groups is 1. The van der Waals surface area contributed by atoms with E-state index in [0.717, 1.165) is 17.7 Å². The Labute approximate surface area is 107 Å². The number of morpholine rings is 1. The molecule has 1 aliphatic rings. The van der Waals surface area contributed by atoms with Gasteiger partial charge in [-0.3, -0.25) is 4.79 Å². The van der Waals surface area contributed by atoms with E-state index in [4.69, 9.17) is 9.47 Å². The van der Waals surface area contributed by atoms with Gasteiger partial charge in [0, 0.05) is 38.7 Å². The van der Waals surface area contributed by atoms with Gasteiger partial charge < -0.3 is 19.4 Å². The van der Waals surface area contributed by atoms with E-state index in [0.29, 0.717) is 26.3 Å². The largest absolute Gasteiger partial charge is 0.385 e. The quantitative estimate of drug-likeness (QED) is 0.876. The van der Waals surface area contributed by atoms with Crippen LogP contribution < -0.4 is 0 Å². The molecule has 1 N–H and O–H groups in total. The summed E-state index contributed by atoms with van der Waals surface area (Å²) in [5.41, 5.74) is 1.67. The van der Waals surface area contributed by atoms with Gasteiger partial charge in [-0.1, -0.05) is 0 Å². The van der Waals surface area contributed by atoms with Crippen molar-refractivity contribution in [2.24, 2.45) is 0 Å². The first-order valence-electron chi connectivity index (χ1n) is 6.26. The lowest BCUT2D eigenvalue weighted by Gasteiger charge is -2.33. The Hall–Kier alpha value is -1.33. The minimum Gasteiger partial charge on any atom is -0.385 e. The van der Waals surface area contributed by atoms with Crippen LogP contribution in [-0.4, -0.2) is 55.3 Å². The molecule has 0 radical (unpaired) electrons. The minimum absolute atomic E-state index is 0.0828. The molecule has 1 aliphatic heterocycles. The van der Waals surface area contributed by atoms with E-state index in [1.54, 1.807) is 13.3 Å². The van der Waals surface area contributed by atoms with Crippen LogP contribution in [0.1, 0.15) is 22.5 Å². The number of methoxy groups -OCH3 is 1. The second-order valence-electron chi connectivity index (χ2n) is 4.54. The molecule has 18 heavy (non-hydrogen) atoms. The summed E-state index contributed by atoms with van der Waals surface area (Å²) in [4.78, 5) is 17.2. The highest BCUT2D eigenvalue weighted by molar-refractivity contribution is 5.95. The molecule has 0 aliphatic carbocycles. The first kappa shape index (κ1) is 13.1. The van der Waals surface area contributed by atoms with Crippen molar-refractivity contribution in [3.63, 3.8) is 0 Å². The fourth-order valence-electron chi connectivity index (χ4n) is 2.18. The standard InChI is InChI=1S/C13H20N2O3/c1-10-12(3-5-14-10)13(16)15-6-8-18-11(9-15)4-7-17-2/h3,5,11,14H,4,6-9H2,1-2H3/t11-/m1/s1. The Balaban J connectivity index is 1.96. The third-order valence-corrected chi connectivity index (χ3v) is 3.25. The van der Waals surface area contributed by atoms with Crippen LogP contribution in [0.5, 0.6) is 0 Å². The van der Waals surface area contributed by atoms with Crippen molar-refractivity contribution >= 4 is 5.91 Å². The molecule has 5 nitrogen and oxygen atoms in total. The predicted molar refractivity (Wildman–Crippen MR) is 67.7 cm³/mol. The number of nitrogens with zero attached hydrogens (tertiary/aromatic N) is 1. The lowest BCUT2D eigenvalue weighted by atomic mass is 10.1.